The third-order valence-corrected chi connectivity index (χ3v) is 4.96. The van der Waals surface area contributed by atoms with Gasteiger partial charge in [0.25, 0.3) is 5.56 Å². The maximum atomic E-state index is 13.2. The highest BCUT2D eigenvalue weighted by Gasteiger charge is 2.24. The number of nitrogens with two attached hydrogens (primary N) is 1. The number of nitrogens with zero attached hydrogens (tertiary/aromatic N) is 2. The van der Waals surface area contributed by atoms with Crippen LogP contribution in [0.1, 0.15) is 17.5 Å². The number of amides is 1. The quantitative estimate of drug-likeness (QED) is 0.547. The second-order valence-corrected chi connectivity index (χ2v) is 7.09. The number of hydrogen-bond acceptors (Lipinski definition) is 5. The average molecular weight is 422 g/mol. The fourth-order valence-electron chi connectivity index (χ4n) is 3.33. The van der Waals surface area contributed by atoms with E-state index in [1.807, 2.05) is 60.7 Å². The second kappa shape index (κ2) is 10.4. The Morgan fingerprint density at radius 3 is 2.26 bits per heavy atom. The van der Waals surface area contributed by atoms with Gasteiger partial charge in [-0.05, 0) is 17.5 Å². The smallest absolute Gasteiger partial charge is 0.330 e. The van der Waals surface area contributed by atoms with Gasteiger partial charge in [-0.25, -0.2) is 4.79 Å². The Morgan fingerprint density at radius 1 is 1.03 bits per heavy atom. The summed E-state index contributed by atoms with van der Waals surface area (Å²) in [4.78, 5) is 41.8. The zero-order valence-electron chi connectivity index (χ0n) is 17.4. The van der Waals surface area contributed by atoms with E-state index in [1.165, 1.54) is 16.6 Å². The molecule has 0 unspecified atom stereocenters. The summed E-state index contributed by atoms with van der Waals surface area (Å²) in [7, 11) is 1.50. The van der Waals surface area contributed by atoms with Gasteiger partial charge in [0.1, 0.15) is 5.82 Å². The minimum absolute atomic E-state index is 0.0300. The molecule has 0 bridgehead atoms. The molecule has 8 nitrogen and oxygen atoms in total. The number of aryl methyl sites for hydroxylation is 1. The number of H-pyrrole nitrogens is 1. The van der Waals surface area contributed by atoms with Crippen molar-refractivity contribution in [2.45, 2.75) is 25.9 Å². The Morgan fingerprint density at radius 2 is 1.65 bits per heavy atom. The van der Waals surface area contributed by atoms with Crippen molar-refractivity contribution in [3.8, 4) is 0 Å². The molecule has 1 aromatic heterocycles. The number of hydrogen-bond donors (Lipinski definition) is 2. The molecule has 0 atom stereocenters. The standard InChI is InChI=1S/C23H26N4O4/c1-31-15-14-26-21(24)20(22(29)25-23(26)30)27(16-18-10-6-3-7-11-18)19(28)13-12-17-8-4-2-5-9-17/h2-11H,12-16,24H2,1H3,(H,25,29,30). The van der Waals surface area contributed by atoms with Gasteiger partial charge in [0.2, 0.25) is 5.91 Å². The molecule has 1 heterocycles. The lowest BCUT2D eigenvalue weighted by Crippen LogP contribution is -2.41. The number of rotatable bonds is 9. The largest absolute Gasteiger partial charge is 0.383 e. The summed E-state index contributed by atoms with van der Waals surface area (Å²) in [5.41, 5.74) is 6.71. The molecule has 0 saturated carbocycles. The van der Waals surface area contributed by atoms with Crippen molar-refractivity contribution >= 4 is 17.4 Å². The van der Waals surface area contributed by atoms with Gasteiger partial charge >= 0.3 is 5.69 Å². The maximum absolute atomic E-state index is 13.2. The zero-order valence-corrected chi connectivity index (χ0v) is 17.4. The molecule has 31 heavy (non-hydrogen) atoms. The second-order valence-electron chi connectivity index (χ2n) is 7.09. The normalized spacial score (nSPS) is 10.7. The number of anilines is 2. The van der Waals surface area contributed by atoms with E-state index in [4.69, 9.17) is 10.5 Å². The molecule has 0 fully saturated rings. The van der Waals surface area contributed by atoms with Gasteiger partial charge in [-0.3, -0.25) is 19.1 Å². The van der Waals surface area contributed by atoms with Crippen LogP contribution in [0, 0.1) is 0 Å². The lowest BCUT2D eigenvalue weighted by atomic mass is 10.1. The highest BCUT2D eigenvalue weighted by molar-refractivity contribution is 5.95. The molecule has 0 spiro atoms. The molecule has 3 N–H and O–H groups in total. The first-order valence-corrected chi connectivity index (χ1v) is 10.0. The van der Waals surface area contributed by atoms with Crippen molar-refractivity contribution in [1.29, 1.82) is 0 Å². The molecular weight excluding hydrogens is 396 g/mol. The lowest BCUT2D eigenvalue weighted by Gasteiger charge is -2.25. The van der Waals surface area contributed by atoms with E-state index in [2.05, 4.69) is 4.98 Å². The minimum atomic E-state index is -0.694. The van der Waals surface area contributed by atoms with Gasteiger partial charge < -0.3 is 15.4 Å². The highest BCUT2D eigenvalue weighted by atomic mass is 16.5. The average Bonchev–Trinajstić information content (AvgIpc) is 2.78. The predicted molar refractivity (Wildman–Crippen MR) is 120 cm³/mol. The fraction of sp³-hybridized carbons (Fsp3) is 0.261. The third-order valence-electron chi connectivity index (χ3n) is 4.96. The van der Waals surface area contributed by atoms with Crippen LogP contribution in [-0.4, -0.2) is 29.2 Å². The van der Waals surface area contributed by atoms with Gasteiger partial charge in [0.15, 0.2) is 5.69 Å². The molecule has 8 heteroatoms. The number of aromatic amines is 1. The zero-order chi connectivity index (χ0) is 22.2. The molecule has 3 aromatic rings. The van der Waals surface area contributed by atoms with E-state index in [1.54, 1.807) is 0 Å². The summed E-state index contributed by atoms with van der Waals surface area (Å²) < 4.78 is 6.24. The minimum Gasteiger partial charge on any atom is -0.383 e. The number of carbonyl (C=O) groups is 1. The summed E-state index contributed by atoms with van der Waals surface area (Å²) in [5, 5.41) is 0. The number of methoxy groups -OCH3 is 1. The van der Waals surface area contributed by atoms with Gasteiger partial charge in [-0.15, -0.1) is 0 Å². The topological polar surface area (TPSA) is 110 Å². The van der Waals surface area contributed by atoms with Crippen molar-refractivity contribution < 1.29 is 9.53 Å². The van der Waals surface area contributed by atoms with E-state index in [-0.39, 0.29) is 43.5 Å². The van der Waals surface area contributed by atoms with E-state index < -0.39 is 11.2 Å². The van der Waals surface area contributed by atoms with Crippen LogP contribution in [0.4, 0.5) is 11.5 Å². The molecule has 0 aliphatic heterocycles. The number of aromatic nitrogens is 2. The van der Waals surface area contributed by atoms with Crippen LogP contribution >= 0.6 is 0 Å². The monoisotopic (exact) mass is 422 g/mol. The molecule has 1 amide bonds. The number of benzene rings is 2. The molecule has 0 aliphatic carbocycles. The van der Waals surface area contributed by atoms with Crippen LogP contribution in [-0.2, 0) is 29.0 Å². The summed E-state index contributed by atoms with van der Waals surface area (Å²) in [5.74, 6) is -0.323. The highest BCUT2D eigenvalue weighted by Crippen LogP contribution is 2.21. The van der Waals surface area contributed by atoms with Crippen molar-refractivity contribution in [1.82, 2.24) is 9.55 Å². The fourth-order valence-corrected chi connectivity index (χ4v) is 3.33. The first kappa shape index (κ1) is 22.0. The maximum Gasteiger partial charge on any atom is 0.330 e. The van der Waals surface area contributed by atoms with E-state index >= 15 is 0 Å². The molecule has 0 radical (unpaired) electrons. The molecule has 3 rings (SSSR count). The van der Waals surface area contributed by atoms with Crippen LogP contribution < -0.4 is 21.9 Å². The van der Waals surface area contributed by atoms with Crippen LogP contribution in [0.2, 0.25) is 0 Å². The van der Waals surface area contributed by atoms with E-state index in [0.717, 1.165) is 11.1 Å². The Labute approximate surface area is 179 Å². The SMILES string of the molecule is COCCn1c(N)c(N(Cc2ccccc2)C(=O)CCc2ccccc2)c(=O)[nH]c1=O. The summed E-state index contributed by atoms with van der Waals surface area (Å²) in [6.45, 7) is 0.544. The van der Waals surface area contributed by atoms with E-state index in [0.29, 0.717) is 6.42 Å². The first-order chi connectivity index (χ1) is 15.0. The third kappa shape index (κ3) is 5.49. The molecule has 0 saturated heterocycles. The van der Waals surface area contributed by atoms with Crippen molar-refractivity contribution in [3.05, 3.63) is 92.6 Å². The van der Waals surface area contributed by atoms with Crippen LogP contribution in [0.5, 0.6) is 0 Å². The molecular formula is C23H26N4O4. The van der Waals surface area contributed by atoms with Gasteiger partial charge in [-0.2, -0.15) is 0 Å². The van der Waals surface area contributed by atoms with Crippen molar-refractivity contribution in [2.24, 2.45) is 0 Å². The number of carbonyl (C=O) groups excluding carboxylic acids is 1. The molecule has 2 aromatic carbocycles. The summed E-state index contributed by atoms with van der Waals surface area (Å²) in [6, 6.07) is 18.9. The lowest BCUT2D eigenvalue weighted by molar-refractivity contribution is -0.118. The van der Waals surface area contributed by atoms with E-state index in [9.17, 15) is 14.4 Å². The summed E-state index contributed by atoms with van der Waals surface area (Å²) >= 11 is 0. The molecule has 162 valence electrons. The van der Waals surface area contributed by atoms with Gasteiger partial charge in [-0.1, -0.05) is 60.7 Å². The predicted octanol–water partition coefficient (Wildman–Crippen LogP) is 1.93. The Balaban J connectivity index is 1.98. The number of ether oxygens (including phenoxy) is 1. The van der Waals surface area contributed by atoms with Crippen LogP contribution in [0.25, 0.3) is 0 Å². The van der Waals surface area contributed by atoms with Crippen molar-refractivity contribution in [2.75, 3.05) is 24.4 Å². The Kier molecular flexibility index (Phi) is 7.40. The van der Waals surface area contributed by atoms with Crippen molar-refractivity contribution in [3.63, 3.8) is 0 Å². The number of nitrogens with one attached hydrogen (secondary N) is 1. The number of nitrogen functional groups attached to an aromatic ring is 1. The summed E-state index contributed by atoms with van der Waals surface area (Å²) in [6.07, 6.45) is 0.707. The molecule has 0 aliphatic rings. The van der Waals surface area contributed by atoms with Gasteiger partial charge in [0, 0.05) is 13.5 Å². The van der Waals surface area contributed by atoms with Gasteiger partial charge in [0.05, 0.1) is 19.7 Å². The van der Waals surface area contributed by atoms with Crippen LogP contribution in [0.3, 0.4) is 0 Å². The first-order valence-electron chi connectivity index (χ1n) is 10.0. The Hall–Kier alpha value is -3.65. The van der Waals surface area contributed by atoms with Crippen LogP contribution in [0.15, 0.2) is 70.3 Å². The Bertz CT molecular complexity index is 1120.